The van der Waals surface area contributed by atoms with Gasteiger partial charge in [-0.3, -0.25) is 10.2 Å². The maximum absolute atomic E-state index is 11.5. The van der Waals surface area contributed by atoms with Crippen molar-refractivity contribution in [1.82, 2.24) is 0 Å². The van der Waals surface area contributed by atoms with Gasteiger partial charge in [-0.15, -0.1) is 0 Å². The van der Waals surface area contributed by atoms with Gasteiger partial charge in [0.2, 0.25) is 5.71 Å². The van der Waals surface area contributed by atoms with Crippen molar-refractivity contribution >= 4 is 23.2 Å². The largest absolute Gasteiger partial charge is 0.464 e. The lowest BCUT2D eigenvalue weighted by Gasteiger charge is -2.04. The van der Waals surface area contributed by atoms with Gasteiger partial charge in [-0.1, -0.05) is 19.1 Å². The number of carbonyl (C=O) groups excluding carboxylic acids is 2. The van der Waals surface area contributed by atoms with Gasteiger partial charge in [0.05, 0.1) is 12.8 Å². The van der Waals surface area contributed by atoms with Gasteiger partial charge >= 0.3 is 5.97 Å². The minimum Gasteiger partial charge on any atom is -0.464 e. The lowest BCUT2D eigenvalue weighted by molar-refractivity contribution is -0.133. The van der Waals surface area contributed by atoms with Gasteiger partial charge in [-0.2, -0.15) is 5.10 Å². The molecule has 0 bridgehead atoms. The van der Waals surface area contributed by atoms with Crippen LogP contribution in [0.5, 0.6) is 0 Å². The highest BCUT2D eigenvalue weighted by Crippen LogP contribution is 2.09. The molecule has 0 aliphatic carbocycles. The van der Waals surface area contributed by atoms with Gasteiger partial charge in [-0.25, -0.2) is 4.79 Å². The second-order valence-electron chi connectivity index (χ2n) is 3.71. The smallest absolute Gasteiger partial charge is 0.362 e. The summed E-state index contributed by atoms with van der Waals surface area (Å²) in [5.41, 5.74) is 4.22. The van der Waals surface area contributed by atoms with Crippen LogP contribution in [-0.2, 0) is 14.3 Å². The molecule has 1 aromatic carbocycles. The number of ether oxygens (including phenoxy) is 1. The molecule has 5 nitrogen and oxygen atoms in total. The molecule has 0 fully saturated rings. The van der Waals surface area contributed by atoms with Crippen LogP contribution in [-0.4, -0.2) is 24.6 Å². The molecular formula is C13H16N2O3. The van der Waals surface area contributed by atoms with Crippen LogP contribution in [0, 0.1) is 6.92 Å². The van der Waals surface area contributed by atoms with E-state index < -0.39 is 5.97 Å². The Labute approximate surface area is 106 Å². The van der Waals surface area contributed by atoms with E-state index in [1.165, 1.54) is 7.11 Å². The van der Waals surface area contributed by atoms with E-state index in [2.05, 4.69) is 15.3 Å². The summed E-state index contributed by atoms with van der Waals surface area (Å²) in [5.74, 6) is -1.09. The Hall–Kier alpha value is -2.17. The molecule has 0 aromatic heterocycles. The molecule has 0 spiro atoms. The minimum atomic E-state index is -0.734. The third kappa shape index (κ3) is 3.69. The summed E-state index contributed by atoms with van der Waals surface area (Å²) in [7, 11) is 1.22. The molecule has 1 N–H and O–H groups in total. The first-order valence-electron chi connectivity index (χ1n) is 5.60. The Morgan fingerprint density at radius 2 is 2.11 bits per heavy atom. The van der Waals surface area contributed by atoms with Gasteiger partial charge in [-0.05, 0) is 24.6 Å². The Morgan fingerprint density at radius 3 is 2.67 bits per heavy atom. The highest BCUT2D eigenvalue weighted by Gasteiger charge is 2.19. The summed E-state index contributed by atoms with van der Waals surface area (Å²) in [4.78, 5) is 22.9. The summed E-state index contributed by atoms with van der Waals surface area (Å²) in [6, 6.07) is 7.44. The van der Waals surface area contributed by atoms with Crippen LogP contribution in [0.3, 0.4) is 0 Å². The van der Waals surface area contributed by atoms with Crippen molar-refractivity contribution in [3.63, 3.8) is 0 Å². The van der Waals surface area contributed by atoms with Crippen LogP contribution >= 0.6 is 0 Å². The number of benzene rings is 1. The summed E-state index contributed by atoms with van der Waals surface area (Å²) >= 11 is 0. The average molecular weight is 248 g/mol. The molecule has 18 heavy (non-hydrogen) atoms. The van der Waals surface area contributed by atoms with Crippen LogP contribution in [0.1, 0.15) is 18.9 Å². The zero-order valence-electron chi connectivity index (χ0n) is 10.7. The number of esters is 1. The van der Waals surface area contributed by atoms with Crippen molar-refractivity contribution in [2.24, 2.45) is 5.10 Å². The summed E-state index contributed by atoms with van der Waals surface area (Å²) in [5, 5.41) is 3.82. The fourth-order valence-electron chi connectivity index (χ4n) is 1.32. The van der Waals surface area contributed by atoms with Crippen LogP contribution in [0.2, 0.25) is 0 Å². The molecule has 0 atom stereocenters. The van der Waals surface area contributed by atoms with Gasteiger partial charge in [0.25, 0.3) is 0 Å². The number of hydrogen-bond donors (Lipinski definition) is 1. The van der Waals surface area contributed by atoms with E-state index in [9.17, 15) is 9.59 Å². The SMILES string of the molecule is CCC(=O)/C(=N\Nc1cccc(C)c1)C(=O)OC. The molecule has 0 aliphatic heterocycles. The van der Waals surface area contributed by atoms with Crippen molar-refractivity contribution in [2.45, 2.75) is 20.3 Å². The van der Waals surface area contributed by atoms with Crippen molar-refractivity contribution in [1.29, 1.82) is 0 Å². The van der Waals surface area contributed by atoms with E-state index in [1.807, 2.05) is 25.1 Å². The molecule has 96 valence electrons. The molecule has 0 saturated heterocycles. The highest BCUT2D eigenvalue weighted by atomic mass is 16.5. The number of carbonyl (C=O) groups is 2. The van der Waals surface area contributed by atoms with Crippen molar-refractivity contribution in [3.8, 4) is 0 Å². The van der Waals surface area contributed by atoms with E-state index in [4.69, 9.17) is 0 Å². The third-order valence-electron chi connectivity index (χ3n) is 2.28. The van der Waals surface area contributed by atoms with Crippen LogP contribution in [0.15, 0.2) is 29.4 Å². The number of nitrogens with zero attached hydrogens (tertiary/aromatic N) is 1. The number of hydrazone groups is 1. The molecule has 1 aromatic rings. The van der Waals surface area contributed by atoms with Gasteiger partial charge in [0, 0.05) is 6.42 Å². The number of hydrogen-bond acceptors (Lipinski definition) is 5. The number of rotatable bonds is 5. The quantitative estimate of drug-likeness (QED) is 0.374. The first kappa shape index (κ1) is 13.9. The van der Waals surface area contributed by atoms with Crippen molar-refractivity contribution in [3.05, 3.63) is 29.8 Å². The number of methoxy groups -OCH3 is 1. The zero-order chi connectivity index (χ0) is 13.5. The molecule has 0 radical (unpaired) electrons. The molecule has 0 aliphatic rings. The van der Waals surface area contributed by atoms with Gasteiger partial charge in [0.15, 0.2) is 5.78 Å². The van der Waals surface area contributed by atoms with E-state index in [0.717, 1.165) is 5.56 Å². The van der Waals surface area contributed by atoms with Crippen LogP contribution < -0.4 is 5.43 Å². The molecule has 5 heteroatoms. The van der Waals surface area contributed by atoms with Gasteiger partial charge < -0.3 is 4.74 Å². The lowest BCUT2D eigenvalue weighted by Crippen LogP contribution is -2.26. The molecule has 0 amide bonds. The molecule has 1 rings (SSSR count). The summed E-state index contributed by atoms with van der Waals surface area (Å²) in [6.45, 7) is 3.60. The molecule has 0 saturated carbocycles. The lowest BCUT2D eigenvalue weighted by atomic mass is 10.2. The Bertz CT molecular complexity index is 463. The Morgan fingerprint density at radius 1 is 1.39 bits per heavy atom. The average Bonchev–Trinajstić information content (AvgIpc) is 2.38. The Balaban J connectivity index is 2.90. The normalized spacial score (nSPS) is 10.9. The first-order chi connectivity index (χ1) is 8.58. The predicted molar refractivity (Wildman–Crippen MR) is 69.6 cm³/mol. The molecule has 0 unspecified atom stereocenters. The monoisotopic (exact) mass is 248 g/mol. The van der Waals surface area contributed by atoms with Crippen LogP contribution in [0.4, 0.5) is 5.69 Å². The maximum atomic E-state index is 11.5. The number of nitrogens with one attached hydrogen (secondary N) is 1. The fourth-order valence-corrected chi connectivity index (χ4v) is 1.32. The number of aryl methyl sites for hydroxylation is 1. The number of ketones is 1. The third-order valence-corrected chi connectivity index (χ3v) is 2.28. The maximum Gasteiger partial charge on any atom is 0.362 e. The number of anilines is 1. The Kier molecular flexibility index (Phi) is 5.05. The van der Waals surface area contributed by atoms with Crippen molar-refractivity contribution < 1.29 is 14.3 Å². The second kappa shape index (κ2) is 6.54. The van der Waals surface area contributed by atoms with E-state index in [0.29, 0.717) is 5.69 Å². The molecular weight excluding hydrogens is 232 g/mol. The predicted octanol–water partition coefficient (Wildman–Crippen LogP) is 1.92. The first-order valence-corrected chi connectivity index (χ1v) is 5.60. The summed E-state index contributed by atoms with van der Waals surface area (Å²) in [6.07, 6.45) is 0.198. The second-order valence-corrected chi connectivity index (χ2v) is 3.71. The van der Waals surface area contributed by atoms with E-state index in [1.54, 1.807) is 13.0 Å². The number of Topliss-reactive ketones (excluding diaryl/α,β-unsaturated/α-hetero) is 1. The van der Waals surface area contributed by atoms with E-state index >= 15 is 0 Å². The standard InChI is InChI=1S/C13H16N2O3/c1-4-11(16)12(13(17)18-3)15-14-10-7-5-6-9(2)8-10/h5-8,14H,4H2,1-3H3/b15-12+. The van der Waals surface area contributed by atoms with Crippen molar-refractivity contribution in [2.75, 3.05) is 12.5 Å². The summed E-state index contributed by atoms with van der Waals surface area (Å²) < 4.78 is 4.52. The topological polar surface area (TPSA) is 67.8 Å². The minimum absolute atomic E-state index is 0.198. The highest BCUT2D eigenvalue weighted by molar-refractivity contribution is 6.64. The van der Waals surface area contributed by atoms with Crippen LogP contribution in [0.25, 0.3) is 0 Å². The van der Waals surface area contributed by atoms with E-state index in [-0.39, 0.29) is 17.9 Å². The molecule has 0 heterocycles. The fraction of sp³-hybridized carbons (Fsp3) is 0.308. The van der Waals surface area contributed by atoms with Gasteiger partial charge in [0.1, 0.15) is 0 Å². The zero-order valence-corrected chi connectivity index (χ0v) is 10.7.